The summed E-state index contributed by atoms with van der Waals surface area (Å²) in [6, 6.07) is 4.17. The summed E-state index contributed by atoms with van der Waals surface area (Å²) < 4.78 is 30.2. The maximum absolute atomic E-state index is 12.8. The fourth-order valence-corrected chi connectivity index (χ4v) is 3.37. The van der Waals surface area contributed by atoms with Crippen LogP contribution in [0.4, 0.5) is 14.5 Å². The molecule has 10 nitrogen and oxygen atoms in total. The summed E-state index contributed by atoms with van der Waals surface area (Å²) in [4.78, 5) is 28.3. The molecule has 0 saturated heterocycles. The minimum Gasteiger partial charge on any atom is -0.435 e. The molecule has 0 fully saturated rings. The lowest BCUT2D eigenvalue weighted by Crippen LogP contribution is -2.40. The van der Waals surface area contributed by atoms with Crippen molar-refractivity contribution >= 4 is 40.9 Å². The van der Waals surface area contributed by atoms with Gasteiger partial charge in [-0.1, -0.05) is 0 Å². The minimum absolute atomic E-state index is 0.120. The molecule has 2 aromatic heterocycles. The zero-order valence-electron chi connectivity index (χ0n) is 20.3. The lowest BCUT2D eigenvalue weighted by molar-refractivity contribution is -0.0498. The summed E-state index contributed by atoms with van der Waals surface area (Å²) in [5.41, 5.74) is 1.12. The Bertz CT molecular complexity index is 1300. The zero-order valence-corrected chi connectivity index (χ0v) is 20.3. The summed E-state index contributed by atoms with van der Waals surface area (Å²) in [6.45, 7) is 2.81. The highest BCUT2D eigenvalue weighted by molar-refractivity contribution is 6.14. The number of aromatic nitrogens is 3. The summed E-state index contributed by atoms with van der Waals surface area (Å²) in [7, 11) is 1.60. The molecular formula is C24H28F2N8O2. The van der Waals surface area contributed by atoms with Crippen molar-refractivity contribution in [2.45, 2.75) is 32.9 Å². The molecule has 36 heavy (non-hydrogen) atoms. The number of nitrogens with zero attached hydrogens (tertiary/aromatic N) is 3. The lowest BCUT2D eigenvalue weighted by Gasteiger charge is -2.20. The molecule has 0 spiro atoms. The number of amides is 1. The Balaban J connectivity index is 2.00. The lowest BCUT2D eigenvalue weighted by atomic mass is 10.0. The first-order valence-corrected chi connectivity index (χ1v) is 11.0. The van der Waals surface area contributed by atoms with Crippen molar-refractivity contribution in [1.82, 2.24) is 20.3 Å². The Kier molecular flexibility index (Phi) is 8.07. The summed E-state index contributed by atoms with van der Waals surface area (Å²) in [5, 5.41) is 22.3. The number of fused-ring (bicyclic) bond motifs is 1. The number of benzene rings is 1. The van der Waals surface area contributed by atoms with Crippen molar-refractivity contribution in [3.8, 4) is 5.75 Å². The molecule has 0 radical (unpaired) electrons. The molecule has 12 heteroatoms. The van der Waals surface area contributed by atoms with Gasteiger partial charge in [-0.25, -0.2) is 9.97 Å². The topological polar surface area (TPSA) is 152 Å². The average molecular weight is 499 g/mol. The molecule has 3 aromatic rings. The highest BCUT2D eigenvalue weighted by Crippen LogP contribution is 2.26. The van der Waals surface area contributed by atoms with Crippen LogP contribution in [0, 0.1) is 16.7 Å². The van der Waals surface area contributed by atoms with Gasteiger partial charge in [-0.15, -0.1) is 0 Å². The molecule has 0 aliphatic heterocycles. The number of halogens is 2. The molecule has 3 rings (SSSR count). The molecule has 1 aromatic carbocycles. The Morgan fingerprint density at radius 3 is 2.69 bits per heavy atom. The minimum atomic E-state index is -3.03. The number of hydrogen-bond donors (Lipinski definition) is 5. The molecule has 0 saturated carbocycles. The van der Waals surface area contributed by atoms with Crippen LogP contribution in [0.3, 0.4) is 0 Å². The first-order chi connectivity index (χ1) is 17.0. The van der Waals surface area contributed by atoms with Gasteiger partial charge >= 0.3 is 6.61 Å². The Morgan fingerprint density at radius 1 is 1.31 bits per heavy atom. The van der Waals surface area contributed by atoms with Crippen LogP contribution in [0.1, 0.15) is 42.4 Å². The maximum atomic E-state index is 12.8. The van der Waals surface area contributed by atoms with Gasteiger partial charge in [-0.2, -0.15) is 8.78 Å². The largest absolute Gasteiger partial charge is 0.435 e. The van der Waals surface area contributed by atoms with E-state index in [0.29, 0.717) is 11.3 Å². The molecule has 1 unspecified atom stereocenters. The van der Waals surface area contributed by atoms with Gasteiger partial charge in [0.15, 0.2) is 5.65 Å². The van der Waals surface area contributed by atoms with Gasteiger partial charge in [0.1, 0.15) is 17.0 Å². The normalized spacial score (nSPS) is 12.6. The van der Waals surface area contributed by atoms with Crippen LogP contribution in [0.25, 0.3) is 11.2 Å². The fraction of sp³-hybridized carbons (Fsp3) is 0.333. The number of hydrogen-bond acceptors (Lipinski definition) is 8. The fourth-order valence-electron chi connectivity index (χ4n) is 3.37. The van der Waals surface area contributed by atoms with E-state index < -0.39 is 12.2 Å². The van der Waals surface area contributed by atoms with E-state index in [-0.39, 0.29) is 52.2 Å². The van der Waals surface area contributed by atoms with Crippen molar-refractivity contribution in [1.29, 1.82) is 10.8 Å². The maximum Gasteiger partial charge on any atom is 0.387 e. The van der Waals surface area contributed by atoms with Crippen LogP contribution in [0.15, 0.2) is 35.6 Å². The second kappa shape index (κ2) is 11.0. The number of ether oxygens (including phenoxy) is 1. The molecule has 0 aliphatic rings. The Labute approximate surface area is 206 Å². The number of aromatic amines is 1. The van der Waals surface area contributed by atoms with Crippen molar-refractivity contribution in [3.63, 3.8) is 0 Å². The van der Waals surface area contributed by atoms with Crippen LogP contribution in [0.5, 0.6) is 5.75 Å². The van der Waals surface area contributed by atoms with E-state index in [4.69, 9.17) is 10.8 Å². The van der Waals surface area contributed by atoms with Crippen molar-refractivity contribution in [2.24, 2.45) is 10.9 Å². The Morgan fingerprint density at radius 2 is 2.06 bits per heavy atom. The second-order valence-electron chi connectivity index (χ2n) is 8.94. The van der Waals surface area contributed by atoms with Gasteiger partial charge in [0.25, 0.3) is 5.91 Å². The van der Waals surface area contributed by atoms with E-state index >= 15 is 0 Å². The van der Waals surface area contributed by atoms with Crippen molar-refractivity contribution < 1.29 is 18.3 Å². The summed E-state index contributed by atoms with van der Waals surface area (Å²) >= 11 is 0. The summed E-state index contributed by atoms with van der Waals surface area (Å²) in [6.07, 6.45) is 5.67. The smallest absolute Gasteiger partial charge is 0.387 e. The first kappa shape index (κ1) is 26.4. The van der Waals surface area contributed by atoms with Crippen LogP contribution >= 0.6 is 0 Å². The third-order valence-corrected chi connectivity index (χ3v) is 4.94. The van der Waals surface area contributed by atoms with Crippen molar-refractivity contribution in [3.05, 3.63) is 47.4 Å². The molecule has 5 N–H and O–H groups in total. The van der Waals surface area contributed by atoms with E-state index in [1.54, 1.807) is 13.3 Å². The van der Waals surface area contributed by atoms with Crippen LogP contribution < -0.4 is 15.4 Å². The molecule has 190 valence electrons. The monoisotopic (exact) mass is 498 g/mol. The van der Waals surface area contributed by atoms with Gasteiger partial charge in [0.2, 0.25) is 0 Å². The van der Waals surface area contributed by atoms with Crippen LogP contribution in [-0.2, 0) is 0 Å². The molecule has 2 heterocycles. The highest BCUT2D eigenvalue weighted by Gasteiger charge is 2.21. The molecule has 1 atom stereocenters. The molecule has 0 aliphatic carbocycles. The average Bonchev–Trinajstić information content (AvgIpc) is 3.24. The number of rotatable bonds is 10. The number of alkyl halides is 2. The van der Waals surface area contributed by atoms with Gasteiger partial charge in [-0.3, -0.25) is 10.2 Å². The molecular weight excluding hydrogens is 470 g/mol. The van der Waals surface area contributed by atoms with E-state index in [0.717, 1.165) is 0 Å². The highest BCUT2D eigenvalue weighted by atomic mass is 19.3. The number of carbonyl (C=O) groups is 1. The predicted molar refractivity (Wildman–Crippen MR) is 135 cm³/mol. The quantitative estimate of drug-likeness (QED) is 0.269. The second-order valence-corrected chi connectivity index (χ2v) is 8.94. The zero-order chi connectivity index (χ0) is 26.5. The van der Waals surface area contributed by atoms with Gasteiger partial charge in [-0.05, 0) is 39.0 Å². The van der Waals surface area contributed by atoms with E-state index in [9.17, 15) is 13.6 Å². The molecule has 1 amide bonds. The van der Waals surface area contributed by atoms with Crippen molar-refractivity contribution in [2.75, 3.05) is 18.9 Å². The number of H-pyrrole nitrogens is 1. The SMILES string of the molecule is CN=CC(C=N)CNc1ccc(OC(F)F)cc1C(=N)c1cnc2[nH]cc(C(=O)NC(C)(C)C)c2n1. The van der Waals surface area contributed by atoms with Crippen LogP contribution in [0.2, 0.25) is 0 Å². The third kappa shape index (κ3) is 6.46. The predicted octanol–water partition coefficient (Wildman–Crippen LogP) is 3.88. The standard InChI is InChI=1S/C24H28F2N8O2/c1-24(2,3)34-22(35)16-11-31-21-20(16)33-18(12-32-21)19(28)15-7-14(36-23(25)26)5-6-17(15)30-10-13(8-27)9-29-4/h5-9,11-13,23,27-28,30H,10H2,1-4H3,(H,31,32)(H,34,35). The first-order valence-electron chi connectivity index (χ1n) is 11.0. The third-order valence-electron chi connectivity index (χ3n) is 4.94. The Hall–Kier alpha value is -4.22. The van der Waals surface area contributed by atoms with Crippen LogP contribution in [-0.4, -0.2) is 64.7 Å². The van der Waals surface area contributed by atoms with E-state index in [1.165, 1.54) is 36.8 Å². The van der Waals surface area contributed by atoms with Gasteiger partial charge in [0, 0.05) is 54.9 Å². The number of anilines is 1. The number of carbonyl (C=O) groups excluding carboxylic acids is 1. The van der Waals surface area contributed by atoms with Gasteiger partial charge in [0.05, 0.1) is 17.5 Å². The molecule has 0 bridgehead atoms. The summed E-state index contributed by atoms with van der Waals surface area (Å²) in [5.74, 6) is -0.791. The van der Waals surface area contributed by atoms with Gasteiger partial charge < -0.3 is 30.8 Å². The van der Waals surface area contributed by atoms with E-state index in [1.807, 2.05) is 20.8 Å². The number of aliphatic imine (C=N–C) groups is 1. The number of nitrogens with one attached hydrogen (secondary N) is 5. The van der Waals surface area contributed by atoms with E-state index in [2.05, 4.69) is 35.3 Å².